The van der Waals surface area contributed by atoms with E-state index in [4.69, 9.17) is 9.15 Å². The van der Waals surface area contributed by atoms with Crippen molar-refractivity contribution < 1.29 is 9.15 Å². The van der Waals surface area contributed by atoms with Crippen LogP contribution in [0.3, 0.4) is 0 Å². The fraction of sp³-hybridized carbons (Fsp3) is 0.467. The third kappa shape index (κ3) is 3.47. The maximum Gasteiger partial charge on any atom is 0.135 e. The second-order valence-electron chi connectivity index (χ2n) is 4.84. The number of rotatable bonds is 5. The summed E-state index contributed by atoms with van der Waals surface area (Å²) in [5, 5.41) is 4.20. The summed E-state index contributed by atoms with van der Waals surface area (Å²) >= 11 is 1.70. The van der Waals surface area contributed by atoms with Crippen LogP contribution in [0.1, 0.15) is 12.2 Å². The van der Waals surface area contributed by atoms with Gasteiger partial charge in [0.15, 0.2) is 0 Å². The Morgan fingerprint density at radius 3 is 2.84 bits per heavy atom. The molecule has 3 nitrogen and oxygen atoms in total. The highest BCUT2D eigenvalue weighted by Crippen LogP contribution is 2.24. The van der Waals surface area contributed by atoms with Crippen LogP contribution in [0, 0.1) is 0 Å². The summed E-state index contributed by atoms with van der Waals surface area (Å²) in [6.45, 7) is 5.03. The third-order valence-corrected chi connectivity index (χ3v) is 4.15. The number of aryl methyl sites for hydroxylation is 1. The van der Waals surface area contributed by atoms with Crippen molar-refractivity contribution in [3.63, 3.8) is 0 Å². The fourth-order valence-corrected chi connectivity index (χ4v) is 3.02. The predicted molar refractivity (Wildman–Crippen MR) is 77.6 cm³/mol. The van der Waals surface area contributed by atoms with E-state index in [1.165, 1.54) is 5.56 Å². The van der Waals surface area contributed by atoms with Gasteiger partial charge in [0.2, 0.25) is 0 Å². The van der Waals surface area contributed by atoms with Crippen LogP contribution in [0.4, 0.5) is 0 Å². The molecule has 0 amide bonds. The van der Waals surface area contributed by atoms with Crippen molar-refractivity contribution in [1.29, 1.82) is 0 Å². The summed E-state index contributed by atoms with van der Waals surface area (Å²) in [7, 11) is 0. The van der Waals surface area contributed by atoms with Crippen LogP contribution in [-0.2, 0) is 11.2 Å². The third-order valence-electron chi connectivity index (χ3n) is 3.47. The van der Waals surface area contributed by atoms with Gasteiger partial charge in [-0.2, -0.15) is 11.3 Å². The molecule has 1 aliphatic heterocycles. The number of nitrogens with zero attached hydrogens (tertiary/aromatic N) is 1. The molecule has 1 aliphatic rings. The minimum atomic E-state index is 0.878. The highest BCUT2D eigenvalue weighted by atomic mass is 32.1. The lowest BCUT2D eigenvalue weighted by Crippen LogP contribution is -2.36. The number of thiophene rings is 1. The molecule has 4 heteroatoms. The van der Waals surface area contributed by atoms with Gasteiger partial charge in [-0.3, -0.25) is 4.90 Å². The largest absolute Gasteiger partial charge is 0.461 e. The molecular weight excluding hydrogens is 258 g/mol. The average molecular weight is 277 g/mol. The van der Waals surface area contributed by atoms with Crippen molar-refractivity contribution in [2.24, 2.45) is 0 Å². The smallest absolute Gasteiger partial charge is 0.135 e. The van der Waals surface area contributed by atoms with Crippen molar-refractivity contribution in [3.8, 4) is 11.3 Å². The molecule has 102 valence electrons. The van der Waals surface area contributed by atoms with Gasteiger partial charge in [0.25, 0.3) is 0 Å². The number of hydrogen-bond acceptors (Lipinski definition) is 4. The van der Waals surface area contributed by atoms with E-state index in [9.17, 15) is 0 Å². The number of furan rings is 1. The lowest BCUT2D eigenvalue weighted by Gasteiger charge is -2.26. The Labute approximate surface area is 117 Å². The van der Waals surface area contributed by atoms with Crippen LogP contribution in [0.5, 0.6) is 0 Å². The molecular formula is C15H19NO2S. The normalized spacial score (nSPS) is 16.8. The zero-order valence-electron chi connectivity index (χ0n) is 11.0. The van der Waals surface area contributed by atoms with Crippen LogP contribution in [0.2, 0.25) is 0 Å². The molecule has 3 heterocycles. The molecule has 0 aliphatic carbocycles. The molecule has 0 spiro atoms. The van der Waals surface area contributed by atoms with Gasteiger partial charge >= 0.3 is 0 Å². The second-order valence-corrected chi connectivity index (χ2v) is 5.62. The maximum atomic E-state index is 5.88. The highest BCUT2D eigenvalue weighted by Gasteiger charge is 2.10. The molecule has 1 saturated heterocycles. The Bertz CT molecular complexity index is 486. The Morgan fingerprint density at radius 1 is 1.16 bits per heavy atom. The van der Waals surface area contributed by atoms with Crippen LogP contribution >= 0.6 is 11.3 Å². The molecule has 2 aromatic heterocycles. The average Bonchev–Trinajstić information content (AvgIpc) is 3.10. The molecule has 0 saturated carbocycles. The van der Waals surface area contributed by atoms with Gasteiger partial charge in [-0.1, -0.05) is 0 Å². The molecule has 3 rings (SSSR count). The van der Waals surface area contributed by atoms with Crippen molar-refractivity contribution in [3.05, 3.63) is 34.7 Å². The lowest BCUT2D eigenvalue weighted by molar-refractivity contribution is 0.0373. The number of morpholine rings is 1. The van der Waals surface area contributed by atoms with Crippen LogP contribution < -0.4 is 0 Å². The Hall–Kier alpha value is -1.10. The van der Waals surface area contributed by atoms with Gasteiger partial charge in [0.1, 0.15) is 11.5 Å². The molecule has 2 aromatic rings. The van der Waals surface area contributed by atoms with Gasteiger partial charge in [0.05, 0.1) is 13.2 Å². The summed E-state index contributed by atoms with van der Waals surface area (Å²) < 4.78 is 11.2. The first-order valence-electron chi connectivity index (χ1n) is 6.83. The van der Waals surface area contributed by atoms with Crippen LogP contribution in [0.15, 0.2) is 33.4 Å². The first-order chi connectivity index (χ1) is 9.42. The van der Waals surface area contributed by atoms with E-state index in [1.54, 1.807) is 11.3 Å². The van der Waals surface area contributed by atoms with Crippen molar-refractivity contribution >= 4 is 11.3 Å². The molecule has 0 radical (unpaired) electrons. The minimum Gasteiger partial charge on any atom is -0.461 e. The summed E-state index contributed by atoms with van der Waals surface area (Å²) in [6, 6.07) is 6.28. The number of hydrogen-bond donors (Lipinski definition) is 0. The van der Waals surface area contributed by atoms with Crippen molar-refractivity contribution in [1.82, 2.24) is 4.90 Å². The Kier molecular flexibility index (Phi) is 4.33. The SMILES string of the molecule is c1cc(-c2ccc(CCCN3CCOCC3)o2)cs1. The first kappa shape index (κ1) is 12.9. The minimum absolute atomic E-state index is 0.878. The van der Waals surface area contributed by atoms with E-state index < -0.39 is 0 Å². The molecule has 0 aromatic carbocycles. The molecule has 0 atom stereocenters. The second kappa shape index (κ2) is 6.37. The van der Waals surface area contributed by atoms with Gasteiger partial charge in [-0.05, 0) is 36.5 Å². The topological polar surface area (TPSA) is 25.6 Å². The molecule has 0 N–H and O–H groups in total. The van der Waals surface area contributed by atoms with E-state index in [-0.39, 0.29) is 0 Å². The maximum absolute atomic E-state index is 5.88. The molecule has 19 heavy (non-hydrogen) atoms. The van der Waals surface area contributed by atoms with E-state index >= 15 is 0 Å². The summed E-state index contributed by atoms with van der Waals surface area (Å²) in [5.41, 5.74) is 1.18. The standard InChI is InChI=1S/C15H19NO2S/c1(6-16-7-9-17-10-8-16)2-14-3-4-15(18-14)13-5-11-19-12-13/h3-5,11-12H,1-2,6-10H2. The molecule has 0 unspecified atom stereocenters. The highest BCUT2D eigenvalue weighted by molar-refractivity contribution is 7.08. The van der Waals surface area contributed by atoms with Gasteiger partial charge in [-0.25, -0.2) is 0 Å². The van der Waals surface area contributed by atoms with Crippen LogP contribution in [-0.4, -0.2) is 37.7 Å². The molecule has 1 fully saturated rings. The molecule has 0 bridgehead atoms. The predicted octanol–water partition coefficient (Wildman–Crippen LogP) is 3.27. The van der Waals surface area contributed by atoms with Crippen molar-refractivity contribution in [2.45, 2.75) is 12.8 Å². The zero-order chi connectivity index (χ0) is 12.9. The van der Waals surface area contributed by atoms with Gasteiger partial charge < -0.3 is 9.15 Å². The van der Waals surface area contributed by atoms with E-state index in [0.717, 1.165) is 57.2 Å². The van der Waals surface area contributed by atoms with E-state index in [0.29, 0.717) is 0 Å². The van der Waals surface area contributed by atoms with Gasteiger partial charge in [0, 0.05) is 30.5 Å². The lowest BCUT2D eigenvalue weighted by atomic mass is 10.2. The van der Waals surface area contributed by atoms with E-state index in [2.05, 4.69) is 33.9 Å². The fourth-order valence-electron chi connectivity index (χ4n) is 2.37. The monoisotopic (exact) mass is 277 g/mol. The Morgan fingerprint density at radius 2 is 2.05 bits per heavy atom. The summed E-state index contributed by atoms with van der Waals surface area (Å²) in [6.07, 6.45) is 2.16. The van der Waals surface area contributed by atoms with Crippen molar-refractivity contribution in [2.75, 3.05) is 32.8 Å². The summed E-state index contributed by atoms with van der Waals surface area (Å²) in [5.74, 6) is 2.08. The number of ether oxygens (including phenoxy) is 1. The Balaban J connectivity index is 1.48. The quantitative estimate of drug-likeness (QED) is 0.839. The van der Waals surface area contributed by atoms with Crippen LogP contribution in [0.25, 0.3) is 11.3 Å². The summed E-state index contributed by atoms with van der Waals surface area (Å²) in [4.78, 5) is 2.46. The van der Waals surface area contributed by atoms with E-state index in [1.807, 2.05) is 0 Å². The van der Waals surface area contributed by atoms with Gasteiger partial charge in [-0.15, -0.1) is 0 Å². The zero-order valence-corrected chi connectivity index (χ0v) is 11.8. The first-order valence-corrected chi connectivity index (χ1v) is 7.77.